The van der Waals surface area contributed by atoms with E-state index in [1.54, 1.807) is 0 Å². The van der Waals surface area contributed by atoms with Gasteiger partial charge < -0.3 is 9.84 Å². The van der Waals surface area contributed by atoms with Crippen LogP contribution in [0, 0.1) is 5.92 Å². The molecule has 3 heteroatoms. The second-order valence-corrected chi connectivity index (χ2v) is 4.51. The minimum absolute atomic E-state index is 0.182. The summed E-state index contributed by atoms with van der Waals surface area (Å²) in [6, 6.07) is 0.761. The summed E-state index contributed by atoms with van der Waals surface area (Å²) < 4.78 is 5.29. The second kappa shape index (κ2) is 4.60. The van der Waals surface area contributed by atoms with Crippen LogP contribution in [0.5, 0.6) is 0 Å². The van der Waals surface area contributed by atoms with Crippen LogP contribution in [-0.2, 0) is 4.74 Å². The summed E-state index contributed by atoms with van der Waals surface area (Å²) in [5.41, 5.74) is 0. The van der Waals surface area contributed by atoms with Crippen molar-refractivity contribution >= 4 is 0 Å². The van der Waals surface area contributed by atoms with Gasteiger partial charge in [-0.25, -0.2) is 0 Å². The molecule has 0 radical (unpaired) electrons. The first-order valence-corrected chi connectivity index (χ1v) is 5.81. The fourth-order valence-corrected chi connectivity index (χ4v) is 2.22. The molecule has 0 bridgehead atoms. The zero-order valence-corrected chi connectivity index (χ0v) is 8.98. The average molecular weight is 199 g/mol. The Kier molecular flexibility index (Phi) is 3.42. The minimum Gasteiger partial charge on any atom is -0.391 e. The molecule has 2 atom stereocenters. The third-order valence-corrected chi connectivity index (χ3v) is 3.40. The standard InChI is InChI=1S/C11H21NO2/c1-2-12(10-3-4-10)7-11(13)9-5-6-14-8-9/h9-11,13H,2-8H2,1H3. The number of rotatable bonds is 5. The lowest BCUT2D eigenvalue weighted by molar-refractivity contribution is 0.0549. The van der Waals surface area contributed by atoms with Crippen molar-refractivity contribution in [1.82, 2.24) is 4.90 Å². The summed E-state index contributed by atoms with van der Waals surface area (Å²) in [7, 11) is 0. The van der Waals surface area contributed by atoms with Crippen molar-refractivity contribution in [1.29, 1.82) is 0 Å². The van der Waals surface area contributed by atoms with Gasteiger partial charge in [-0.2, -0.15) is 0 Å². The molecule has 1 aliphatic heterocycles. The van der Waals surface area contributed by atoms with Gasteiger partial charge in [0.1, 0.15) is 0 Å². The Balaban J connectivity index is 1.76. The largest absolute Gasteiger partial charge is 0.391 e. The van der Waals surface area contributed by atoms with Gasteiger partial charge in [-0.15, -0.1) is 0 Å². The van der Waals surface area contributed by atoms with Crippen molar-refractivity contribution < 1.29 is 9.84 Å². The molecule has 2 rings (SSSR count). The maximum absolute atomic E-state index is 10.0. The lowest BCUT2D eigenvalue weighted by Crippen LogP contribution is -2.38. The number of aliphatic hydroxyl groups is 1. The number of nitrogens with zero attached hydrogens (tertiary/aromatic N) is 1. The number of likely N-dealkylation sites (N-methyl/N-ethyl adjacent to an activating group) is 1. The Hall–Kier alpha value is -0.120. The van der Waals surface area contributed by atoms with E-state index in [2.05, 4.69) is 11.8 Å². The number of hydrogen-bond acceptors (Lipinski definition) is 3. The number of aliphatic hydroxyl groups excluding tert-OH is 1. The van der Waals surface area contributed by atoms with Crippen molar-refractivity contribution in [2.24, 2.45) is 5.92 Å². The van der Waals surface area contributed by atoms with Gasteiger partial charge in [-0.05, 0) is 25.8 Å². The SMILES string of the molecule is CCN(CC(O)C1CCOC1)C1CC1. The maximum Gasteiger partial charge on any atom is 0.0718 e. The molecule has 1 saturated carbocycles. The van der Waals surface area contributed by atoms with E-state index < -0.39 is 0 Å². The van der Waals surface area contributed by atoms with E-state index in [0.29, 0.717) is 5.92 Å². The first kappa shape index (κ1) is 10.4. The Bertz CT molecular complexity index is 176. The third-order valence-electron chi connectivity index (χ3n) is 3.40. The van der Waals surface area contributed by atoms with Crippen LogP contribution in [0.3, 0.4) is 0 Å². The highest BCUT2D eigenvalue weighted by molar-refractivity contribution is 4.86. The number of hydrogen-bond donors (Lipinski definition) is 1. The average Bonchev–Trinajstić information content (AvgIpc) is 2.88. The van der Waals surface area contributed by atoms with Gasteiger partial charge in [0.25, 0.3) is 0 Å². The molecule has 2 aliphatic rings. The van der Waals surface area contributed by atoms with E-state index in [1.807, 2.05) is 0 Å². The lowest BCUT2D eigenvalue weighted by atomic mass is 10.0. The minimum atomic E-state index is -0.182. The van der Waals surface area contributed by atoms with Gasteiger partial charge in [0, 0.05) is 25.1 Å². The molecule has 1 aliphatic carbocycles. The van der Waals surface area contributed by atoms with E-state index in [4.69, 9.17) is 4.74 Å². The summed E-state index contributed by atoms with van der Waals surface area (Å²) >= 11 is 0. The predicted molar refractivity (Wildman–Crippen MR) is 55.2 cm³/mol. The molecule has 82 valence electrons. The molecule has 2 unspecified atom stereocenters. The normalized spacial score (nSPS) is 29.8. The quantitative estimate of drug-likeness (QED) is 0.713. The van der Waals surface area contributed by atoms with E-state index in [-0.39, 0.29) is 6.10 Å². The Morgan fingerprint density at radius 1 is 1.43 bits per heavy atom. The van der Waals surface area contributed by atoms with Gasteiger partial charge in [0.2, 0.25) is 0 Å². The fourth-order valence-electron chi connectivity index (χ4n) is 2.22. The molecular weight excluding hydrogens is 178 g/mol. The van der Waals surface area contributed by atoms with E-state index >= 15 is 0 Å². The van der Waals surface area contributed by atoms with E-state index in [1.165, 1.54) is 12.8 Å². The summed E-state index contributed by atoms with van der Waals surface area (Å²) in [6.45, 7) is 5.67. The van der Waals surface area contributed by atoms with Crippen LogP contribution in [-0.4, -0.2) is 48.5 Å². The molecule has 2 fully saturated rings. The van der Waals surface area contributed by atoms with Crippen molar-refractivity contribution in [3.8, 4) is 0 Å². The zero-order valence-electron chi connectivity index (χ0n) is 8.98. The topological polar surface area (TPSA) is 32.7 Å². The van der Waals surface area contributed by atoms with Crippen LogP contribution >= 0.6 is 0 Å². The zero-order chi connectivity index (χ0) is 9.97. The predicted octanol–water partition coefficient (Wildman–Crippen LogP) is 0.868. The van der Waals surface area contributed by atoms with Crippen LogP contribution in [0.1, 0.15) is 26.2 Å². The second-order valence-electron chi connectivity index (χ2n) is 4.51. The van der Waals surface area contributed by atoms with Crippen LogP contribution in [0.2, 0.25) is 0 Å². The highest BCUT2D eigenvalue weighted by atomic mass is 16.5. The Morgan fingerprint density at radius 2 is 2.21 bits per heavy atom. The molecule has 1 heterocycles. The molecule has 0 aromatic carbocycles. The fraction of sp³-hybridized carbons (Fsp3) is 1.00. The van der Waals surface area contributed by atoms with Crippen molar-refractivity contribution in [3.63, 3.8) is 0 Å². The van der Waals surface area contributed by atoms with Gasteiger partial charge in [0.15, 0.2) is 0 Å². The van der Waals surface area contributed by atoms with Crippen molar-refractivity contribution in [2.75, 3.05) is 26.3 Å². The lowest BCUT2D eigenvalue weighted by Gasteiger charge is -2.25. The van der Waals surface area contributed by atoms with Crippen molar-refractivity contribution in [2.45, 2.75) is 38.3 Å². The molecule has 14 heavy (non-hydrogen) atoms. The Morgan fingerprint density at radius 3 is 2.71 bits per heavy atom. The summed E-state index contributed by atoms with van der Waals surface area (Å²) in [5.74, 6) is 0.378. The molecule has 0 aromatic rings. The summed E-state index contributed by atoms with van der Waals surface area (Å²) in [6.07, 6.45) is 3.49. The summed E-state index contributed by atoms with van der Waals surface area (Å²) in [5, 5.41) is 10.0. The summed E-state index contributed by atoms with van der Waals surface area (Å²) in [4.78, 5) is 2.41. The van der Waals surface area contributed by atoms with Crippen molar-refractivity contribution in [3.05, 3.63) is 0 Å². The monoisotopic (exact) mass is 199 g/mol. The van der Waals surface area contributed by atoms with Crippen LogP contribution in [0.15, 0.2) is 0 Å². The Labute approximate surface area is 86.0 Å². The van der Waals surface area contributed by atoms with Gasteiger partial charge in [-0.1, -0.05) is 6.92 Å². The van der Waals surface area contributed by atoms with Gasteiger partial charge in [-0.3, -0.25) is 4.90 Å². The molecule has 0 aromatic heterocycles. The van der Waals surface area contributed by atoms with Crippen LogP contribution in [0.4, 0.5) is 0 Å². The highest BCUT2D eigenvalue weighted by Gasteiger charge is 2.32. The van der Waals surface area contributed by atoms with Gasteiger partial charge >= 0.3 is 0 Å². The first-order chi connectivity index (χ1) is 6.81. The van der Waals surface area contributed by atoms with Crippen LogP contribution in [0.25, 0.3) is 0 Å². The molecular formula is C11H21NO2. The molecule has 1 saturated heterocycles. The molecule has 3 nitrogen and oxygen atoms in total. The maximum atomic E-state index is 10.0. The first-order valence-electron chi connectivity index (χ1n) is 5.81. The van der Waals surface area contributed by atoms with Crippen LogP contribution < -0.4 is 0 Å². The van der Waals surface area contributed by atoms with E-state index in [9.17, 15) is 5.11 Å². The molecule has 1 N–H and O–H groups in total. The molecule has 0 spiro atoms. The molecule has 0 amide bonds. The number of ether oxygens (including phenoxy) is 1. The smallest absolute Gasteiger partial charge is 0.0718 e. The highest BCUT2D eigenvalue weighted by Crippen LogP contribution is 2.28. The van der Waals surface area contributed by atoms with E-state index in [0.717, 1.165) is 38.8 Å². The third kappa shape index (κ3) is 2.47. The van der Waals surface area contributed by atoms with Gasteiger partial charge in [0.05, 0.1) is 12.7 Å².